The number of ether oxygens (including phenoxy) is 1. The van der Waals surface area contributed by atoms with Crippen molar-refractivity contribution in [3.63, 3.8) is 0 Å². The van der Waals surface area contributed by atoms with E-state index in [0.29, 0.717) is 18.4 Å². The van der Waals surface area contributed by atoms with Crippen LogP contribution in [0.15, 0.2) is 0 Å². The number of anilines is 2. The fourth-order valence-electron chi connectivity index (χ4n) is 1.28. The Bertz CT molecular complexity index is 437. The SMILES string of the molecule is COc1nc(N)nc(N(C)CC(=O)NCC(C)C)n1. The third-order valence-electron chi connectivity index (χ3n) is 2.23. The Balaban J connectivity index is 2.64. The Hall–Kier alpha value is -2.12. The maximum Gasteiger partial charge on any atom is 0.322 e. The van der Waals surface area contributed by atoms with Crippen LogP contribution in [0, 0.1) is 5.92 Å². The molecule has 106 valence electrons. The summed E-state index contributed by atoms with van der Waals surface area (Å²) in [6.45, 7) is 4.83. The molecule has 3 N–H and O–H groups in total. The van der Waals surface area contributed by atoms with Crippen molar-refractivity contribution in [2.75, 3.05) is 37.9 Å². The van der Waals surface area contributed by atoms with Crippen molar-refractivity contribution < 1.29 is 9.53 Å². The molecule has 0 unspecified atom stereocenters. The number of nitrogens with one attached hydrogen (secondary N) is 1. The number of rotatable bonds is 6. The van der Waals surface area contributed by atoms with Gasteiger partial charge >= 0.3 is 6.01 Å². The number of hydrogen-bond donors (Lipinski definition) is 2. The lowest BCUT2D eigenvalue weighted by molar-refractivity contribution is -0.119. The normalized spacial score (nSPS) is 10.4. The van der Waals surface area contributed by atoms with Crippen LogP contribution < -0.4 is 20.7 Å². The van der Waals surface area contributed by atoms with Crippen LogP contribution in [0.3, 0.4) is 0 Å². The third kappa shape index (κ3) is 4.94. The molecule has 1 heterocycles. The highest BCUT2D eigenvalue weighted by molar-refractivity contribution is 5.80. The Morgan fingerprint density at radius 1 is 1.42 bits per heavy atom. The molecule has 0 atom stereocenters. The van der Waals surface area contributed by atoms with Crippen molar-refractivity contribution in [1.29, 1.82) is 0 Å². The highest BCUT2D eigenvalue weighted by Crippen LogP contribution is 2.11. The predicted octanol–water partition coefficient (Wildman–Crippen LogP) is -0.329. The van der Waals surface area contributed by atoms with Gasteiger partial charge in [-0.25, -0.2) is 0 Å². The molecule has 0 bridgehead atoms. The molecule has 1 amide bonds. The van der Waals surface area contributed by atoms with E-state index in [1.165, 1.54) is 7.11 Å². The lowest BCUT2D eigenvalue weighted by atomic mass is 10.2. The van der Waals surface area contributed by atoms with Gasteiger partial charge in [0.25, 0.3) is 0 Å². The van der Waals surface area contributed by atoms with Gasteiger partial charge in [0.1, 0.15) is 0 Å². The average Bonchev–Trinajstić information content (AvgIpc) is 2.35. The van der Waals surface area contributed by atoms with E-state index in [4.69, 9.17) is 10.5 Å². The first-order valence-corrected chi connectivity index (χ1v) is 5.95. The minimum Gasteiger partial charge on any atom is -0.467 e. The summed E-state index contributed by atoms with van der Waals surface area (Å²) in [4.78, 5) is 25.0. The zero-order valence-corrected chi connectivity index (χ0v) is 11.7. The van der Waals surface area contributed by atoms with Crippen LogP contribution in [-0.4, -0.2) is 48.1 Å². The number of nitrogens with two attached hydrogens (primary N) is 1. The molecule has 0 spiro atoms. The van der Waals surface area contributed by atoms with Gasteiger partial charge in [0.15, 0.2) is 0 Å². The van der Waals surface area contributed by atoms with E-state index in [1.807, 2.05) is 13.8 Å². The fourth-order valence-corrected chi connectivity index (χ4v) is 1.28. The van der Waals surface area contributed by atoms with Crippen molar-refractivity contribution in [3.05, 3.63) is 0 Å². The van der Waals surface area contributed by atoms with Crippen molar-refractivity contribution in [2.45, 2.75) is 13.8 Å². The van der Waals surface area contributed by atoms with Crippen LogP contribution >= 0.6 is 0 Å². The number of carbonyl (C=O) groups is 1. The first kappa shape index (κ1) is 14.9. The zero-order chi connectivity index (χ0) is 14.4. The van der Waals surface area contributed by atoms with E-state index in [-0.39, 0.29) is 24.4 Å². The number of hydrogen-bond acceptors (Lipinski definition) is 7. The lowest BCUT2D eigenvalue weighted by Crippen LogP contribution is -2.37. The van der Waals surface area contributed by atoms with E-state index in [1.54, 1.807) is 11.9 Å². The van der Waals surface area contributed by atoms with Crippen molar-refractivity contribution >= 4 is 17.8 Å². The molecule has 19 heavy (non-hydrogen) atoms. The van der Waals surface area contributed by atoms with E-state index in [9.17, 15) is 4.79 Å². The quantitative estimate of drug-likeness (QED) is 0.727. The van der Waals surface area contributed by atoms with Gasteiger partial charge in [0.05, 0.1) is 13.7 Å². The smallest absolute Gasteiger partial charge is 0.322 e. The summed E-state index contributed by atoms with van der Waals surface area (Å²) in [6, 6.07) is 0.122. The Labute approximate surface area is 112 Å². The number of carbonyl (C=O) groups excluding carboxylic acids is 1. The Kier molecular flexibility index (Phi) is 5.28. The molecule has 0 aromatic carbocycles. The van der Waals surface area contributed by atoms with E-state index in [0.717, 1.165) is 0 Å². The molecule has 8 nitrogen and oxygen atoms in total. The summed E-state index contributed by atoms with van der Waals surface area (Å²) >= 11 is 0. The predicted molar refractivity (Wildman–Crippen MR) is 71.9 cm³/mol. The molecule has 1 rings (SSSR count). The number of likely N-dealkylation sites (N-methyl/N-ethyl adjacent to an activating group) is 1. The van der Waals surface area contributed by atoms with Gasteiger partial charge in [-0.2, -0.15) is 15.0 Å². The standard InChI is InChI=1S/C11H20N6O2/c1-7(2)5-13-8(18)6-17(3)10-14-9(12)15-11(16-10)19-4/h7H,5-6H2,1-4H3,(H,13,18)(H2,12,14,15,16). The Morgan fingerprint density at radius 2 is 2.11 bits per heavy atom. The zero-order valence-electron chi connectivity index (χ0n) is 11.7. The third-order valence-corrected chi connectivity index (χ3v) is 2.23. The maximum atomic E-state index is 11.7. The van der Waals surface area contributed by atoms with Crippen LogP contribution in [0.4, 0.5) is 11.9 Å². The highest BCUT2D eigenvalue weighted by Gasteiger charge is 2.12. The first-order valence-electron chi connectivity index (χ1n) is 5.95. The monoisotopic (exact) mass is 268 g/mol. The molecular formula is C11H20N6O2. The number of methoxy groups -OCH3 is 1. The van der Waals surface area contributed by atoms with Crippen molar-refractivity contribution in [1.82, 2.24) is 20.3 Å². The maximum absolute atomic E-state index is 11.7. The van der Waals surface area contributed by atoms with Crippen molar-refractivity contribution in [3.8, 4) is 6.01 Å². The molecule has 0 radical (unpaired) electrons. The summed E-state index contributed by atoms with van der Waals surface area (Å²) < 4.78 is 4.90. The summed E-state index contributed by atoms with van der Waals surface area (Å²) in [5.74, 6) is 0.650. The van der Waals surface area contributed by atoms with E-state index >= 15 is 0 Å². The molecule has 1 aromatic heterocycles. The molecule has 1 aromatic rings. The minimum atomic E-state index is -0.103. The second kappa shape index (κ2) is 6.72. The largest absolute Gasteiger partial charge is 0.467 e. The fraction of sp³-hybridized carbons (Fsp3) is 0.636. The van der Waals surface area contributed by atoms with Gasteiger partial charge in [0, 0.05) is 13.6 Å². The van der Waals surface area contributed by atoms with Gasteiger partial charge in [-0.3, -0.25) is 4.79 Å². The van der Waals surface area contributed by atoms with Crippen LogP contribution in [0.5, 0.6) is 6.01 Å². The minimum absolute atomic E-state index is 0.0521. The topological polar surface area (TPSA) is 106 Å². The van der Waals surface area contributed by atoms with Crippen LogP contribution in [-0.2, 0) is 4.79 Å². The van der Waals surface area contributed by atoms with Gasteiger partial charge < -0.3 is 20.7 Å². The molecule has 0 aliphatic heterocycles. The molecule has 8 heteroatoms. The van der Waals surface area contributed by atoms with E-state index in [2.05, 4.69) is 20.3 Å². The molecular weight excluding hydrogens is 248 g/mol. The summed E-state index contributed by atoms with van der Waals surface area (Å²) in [6.07, 6.45) is 0. The van der Waals surface area contributed by atoms with Gasteiger partial charge in [0.2, 0.25) is 17.8 Å². The van der Waals surface area contributed by atoms with Crippen LogP contribution in [0.2, 0.25) is 0 Å². The Morgan fingerprint density at radius 3 is 2.68 bits per heavy atom. The molecule has 0 saturated carbocycles. The highest BCUT2D eigenvalue weighted by atomic mass is 16.5. The lowest BCUT2D eigenvalue weighted by Gasteiger charge is -2.17. The summed E-state index contributed by atoms with van der Waals surface area (Å²) in [5, 5.41) is 2.81. The van der Waals surface area contributed by atoms with Gasteiger partial charge in [-0.05, 0) is 5.92 Å². The number of nitrogens with zero attached hydrogens (tertiary/aromatic N) is 4. The second-order valence-corrected chi connectivity index (χ2v) is 4.53. The van der Waals surface area contributed by atoms with Crippen LogP contribution in [0.25, 0.3) is 0 Å². The second-order valence-electron chi connectivity index (χ2n) is 4.53. The number of nitrogen functional groups attached to an aromatic ring is 1. The average molecular weight is 268 g/mol. The van der Waals surface area contributed by atoms with Gasteiger partial charge in [-0.15, -0.1) is 0 Å². The van der Waals surface area contributed by atoms with Crippen LogP contribution in [0.1, 0.15) is 13.8 Å². The summed E-state index contributed by atoms with van der Waals surface area (Å²) in [7, 11) is 3.14. The van der Waals surface area contributed by atoms with Crippen molar-refractivity contribution in [2.24, 2.45) is 5.92 Å². The number of amides is 1. The first-order chi connectivity index (χ1) is 8.92. The number of aromatic nitrogens is 3. The molecule has 0 aliphatic rings. The molecule has 0 aliphatic carbocycles. The van der Waals surface area contributed by atoms with Gasteiger partial charge in [-0.1, -0.05) is 13.8 Å². The van der Waals surface area contributed by atoms with E-state index < -0.39 is 0 Å². The summed E-state index contributed by atoms with van der Waals surface area (Å²) in [5.41, 5.74) is 5.53. The molecule has 0 fully saturated rings. The molecule has 0 saturated heterocycles.